The standard InChI is InChI=1S/C15H11BrN2O4/c1-22-12-4-2-10(3-5-12)6-11-7-13(16)15(17-9-19)14(8-11)18(20)21/h2-5,7-8H,6H2,1H3. The molecule has 0 radical (unpaired) electrons. The minimum atomic E-state index is -0.571. The van der Waals surface area contributed by atoms with Crippen LogP contribution in [0.3, 0.4) is 0 Å². The molecule has 0 aliphatic rings. The highest BCUT2D eigenvalue weighted by atomic mass is 79.9. The van der Waals surface area contributed by atoms with E-state index in [9.17, 15) is 14.9 Å². The first-order valence-corrected chi connectivity index (χ1v) is 7.02. The highest BCUT2D eigenvalue weighted by molar-refractivity contribution is 9.10. The van der Waals surface area contributed by atoms with Gasteiger partial charge in [0.25, 0.3) is 5.69 Å². The maximum Gasteiger partial charge on any atom is 0.297 e. The van der Waals surface area contributed by atoms with Gasteiger partial charge in [-0.15, -0.1) is 0 Å². The summed E-state index contributed by atoms with van der Waals surface area (Å²) in [6.07, 6.45) is 1.84. The number of isocyanates is 1. The summed E-state index contributed by atoms with van der Waals surface area (Å²) in [5, 5.41) is 11.1. The van der Waals surface area contributed by atoms with Crippen LogP contribution in [0.25, 0.3) is 0 Å². The Labute approximate surface area is 134 Å². The van der Waals surface area contributed by atoms with Gasteiger partial charge in [-0.05, 0) is 51.7 Å². The molecule has 2 rings (SSSR count). The van der Waals surface area contributed by atoms with E-state index in [0.29, 0.717) is 10.9 Å². The lowest BCUT2D eigenvalue weighted by atomic mass is 10.0. The van der Waals surface area contributed by atoms with Crippen molar-refractivity contribution in [3.63, 3.8) is 0 Å². The summed E-state index contributed by atoms with van der Waals surface area (Å²) in [6.45, 7) is 0. The topological polar surface area (TPSA) is 81.8 Å². The molecule has 0 unspecified atom stereocenters. The quantitative estimate of drug-likeness (QED) is 0.349. The molecule has 0 bridgehead atoms. The average Bonchev–Trinajstić information content (AvgIpc) is 2.50. The third kappa shape index (κ3) is 3.58. The minimum absolute atomic E-state index is 0.0292. The Morgan fingerprint density at radius 1 is 1.27 bits per heavy atom. The van der Waals surface area contributed by atoms with Crippen molar-refractivity contribution in [3.05, 3.63) is 62.1 Å². The van der Waals surface area contributed by atoms with Crippen LogP contribution in [0.1, 0.15) is 11.1 Å². The van der Waals surface area contributed by atoms with E-state index in [1.165, 1.54) is 12.1 Å². The molecule has 0 aromatic heterocycles. The molecule has 6 nitrogen and oxygen atoms in total. The van der Waals surface area contributed by atoms with Crippen LogP contribution in [0, 0.1) is 10.1 Å². The maximum absolute atomic E-state index is 11.1. The molecule has 0 aliphatic heterocycles. The number of aliphatic imine (C=N–C) groups is 1. The molecule has 0 heterocycles. The van der Waals surface area contributed by atoms with E-state index >= 15 is 0 Å². The Bertz CT molecular complexity index is 753. The molecule has 0 N–H and O–H groups in total. The molecule has 2 aromatic rings. The zero-order valence-electron chi connectivity index (χ0n) is 11.6. The fourth-order valence-electron chi connectivity index (χ4n) is 2.02. The Hall–Kier alpha value is -2.50. The number of rotatable bonds is 5. The summed E-state index contributed by atoms with van der Waals surface area (Å²) < 4.78 is 5.47. The van der Waals surface area contributed by atoms with Gasteiger partial charge in [0.1, 0.15) is 5.75 Å². The zero-order valence-corrected chi connectivity index (χ0v) is 13.2. The molecule has 2 aromatic carbocycles. The largest absolute Gasteiger partial charge is 0.497 e. The third-order valence-electron chi connectivity index (χ3n) is 3.02. The first-order chi connectivity index (χ1) is 10.5. The van der Waals surface area contributed by atoms with Gasteiger partial charge in [0.05, 0.1) is 16.5 Å². The maximum atomic E-state index is 11.1. The SMILES string of the molecule is COc1ccc(Cc2cc(Br)c(N=C=O)c([N+](=O)[O-])c2)cc1. The molecule has 0 atom stereocenters. The van der Waals surface area contributed by atoms with Crippen molar-refractivity contribution in [2.24, 2.45) is 4.99 Å². The first-order valence-electron chi connectivity index (χ1n) is 6.22. The van der Waals surface area contributed by atoms with Gasteiger partial charge in [0, 0.05) is 6.07 Å². The second-order valence-corrected chi connectivity index (χ2v) is 5.28. The van der Waals surface area contributed by atoms with Gasteiger partial charge in [-0.3, -0.25) is 10.1 Å². The highest BCUT2D eigenvalue weighted by Gasteiger charge is 2.18. The van der Waals surface area contributed by atoms with E-state index < -0.39 is 4.92 Å². The van der Waals surface area contributed by atoms with Crippen molar-refractivity contribution in [2.75, 3.05) is 7.11 Å². The van der Waals surface area contributed by atoms with Gasteiger partial charge in [-0.25, -0.2) is 4.79 Å². The van der Waals surface area contributed by atoms with Crippen LogP contribution in [0.2, 0.25) is 0 Å². The van der Waals surface area contributed by atoms with Crippen molar-refractivity contribution >= 4 is 33.4 Å². The molecule has 7 heteroatoms. The molecule has 0 aliphatic carbocycles. The van der Waals surface area contributed by atoms with Crippen LogP contribution >= 0.6 is 15.9 Å². The van der Waals surface area contributed by atoms with E-state index in [2.05, 4.69) is 20.9 Å². The van der Waals surface area contributed by atoms with Crippen molar-refractivity contribution in [3.8, 4) is 5.75 Å². The molecular weight excluding hydrogens is 352 g/mol. The minimum Gasteiger partial charge on any atom is -0.497 e. The number of hydrogen-bond acceptors (Lipinski definition) is 5. The number of nitro benzene ring substituents is 1. The molecule has 0 fully saturated rings. The van der Waals surface area contributed by atoms with Crippen LogP contribution in [-0.4, -0.2) is 18.1 Å². The number of halogens is 1. The van der Waals surface area contributed by atoms with E-state index in [0.717, 1.165) is 16.9 Å². The molecule has 22 heavy (non-hydrogen) atoms. The van der Waals surface area contributed by atoms with Gasteiger partial charge in [0.15, 0.2) is 5.69 Å². The van der Waals surface area contributed by atoms with Crippen molar-refractivity contribution < 1.29 is 14.5 Å². The van der Waals surface area contributed by atoms with Gasteiger partial charge < -0.3 is 4.74 Å². The van der Waals surface area contributed by atoms with Crippen LogP contribution in [0.5, 0.6) is 5.75 Å². The number of carbonyl (C=O) groups excluding carboxylic acids is 1. The number of nitro groups is 1. The highest BCUT2D eigenvalue weighted by Crippen LogP contribution is 2.36. The second kappa shape index (κ2) is 6.98. The van der Waals surface area contributed by atoms with Crippen LogP contribution in [0.15, 0.2) is 45.9 Å². The van der Waals surface area contributed by atoms with E-state index in [4.69, 9.17) is 4.74 Å². The summed E-state index contributed by atoms with van der Waals surface area (Å²) >= 11 is 3.21. The Morgan fingerprint density at radius 2 is 1.95 bits per heavy atom. The first kappa shape index (κ1) is 15.9. The van der Waals surface area contributed by atoms with E-state index in [1.807, 2.05) is 24.3 Å². The second-order valence-electron chi connectivity index (χ2n) is 4.43. The van der Waals surface area contributed by atoms with Crippen LogP contribution < -0.4 is 4.74 Å². The van der Waals surface area contributed by atoms with Gasteiger partial charge in [-0.1, -0.05) is 12.1 Å². The molecule has 0 spiro atoms. The molecular formula is C15H11BrN2O4. The van der Waals surface area contributed by atoms with Crippen LogP contribution in [-0.2, 0) is 11.2 Å². The molecule has 112 valence electrons. The van der Waals surface area contributed by atoms with Gasteiger partial charge in [0.2, 0.25) is 6.08 Å². The summed E-state index contributed by atoms with van der Waals surface area (Å²) in [5.74, 6) is 0.742. The number of ether oxygens (including phenoxy) is 1. The predicted molar refractivity (Wildman–Crippen MR) is 84.4 cm³/mol. The molecule has 0 amide bonds. The summed E-state index contributed by atoms with van der Waals surface area (Å²) in [7, 11) is 1.59. The Kier molecular flexibility index (Phi) is 5.04. The van der Waals surface area contributed by atoms with Crippen LogP contribution in [0.4, 0.5) is 11.4 Å². The lowest BCUT2D eigenvalue weighted by molar-refractivity contribution is -0.384. The lowest BCUT2D eigenvalue weighted by Crippen LogP contribution is -1.94. The van der Waals surface area contributed by atoms with Crippen molar-refractivity contribution in [1.29, 1.82) is 0 Å². The van der Waals surface area contributed by atoms with Crippen molar-refractivity contribution in [2.45, 2.75) is 6.42 Å². The van der Waals surface area contributed by atoms with Gasteiger partial charge >= 0.3 is 0 Å². The van der Waals surface area contributed by atoms with Crippen molar-refractivity contribution in [1.82, 2.24) is 0 Å². The number of nitrogens with zero attached hydrogens (tertiary/aromatic N) is 2. The van der Waals surface area contributed by atoms with Gasteiger partial charge in [-0.2, -0.15) is 4.99 Å². The monoisotopic (exact) mass is 362 g/mol. The summed E-state index contributed by atoms with van der Waals surface area (Å²) in [6, 6.07) is 10.5. The summed E-state index contributed by atoms with van der Waals surface area (Å²) in [4.78, 5) is 24.3. The molecule has 0 saturated carbocycles. The van der Waals surface area contributed by atoms with E-state index in [-0.39, 0.29) is 11.4 Å². The Balaban J connectivity index is 2.39. The fraction of sp³-hybridized carbons (Fsp3) is 0.133. The zero-order chi connectivity index (χ0) is 16.1. The van der Waals surface area contributed by atoms with E-state index in [1.54, 1.807) is 13.2 Å². The lowest BCUT2D eigenvalue weighted by Gasteiger charge is -2.06. The normalized spacial score (nSPS) is 9.91. The summed E-state index contributed by atoms with van der Waals surface area (Å²) in [5.41, 5.74) is 1.45. The fourth-order valence-corrected chi connectivity index (χ4v) is 2.60. The smallest absolute Gasteiger partial charge is 0.297 e. The third-order valence-corrected chi connectivity index (χ3v) is 3.63. The average molecular weight is 363 g/mol. The number of hydrogen-bond donors (Lipinski definition) is 0. The predicted octanol–water partition coefficient (Wildman–Crippen LogP) is 3.92. The molecule has 0 saturated heterocycles. The number of methoxy groups -OCH3 is 1. The number of benzene rings is 2. The Morgan fingerprint density at radius 3 is 2.50 bits per heavy atom.